The second kappa shape index (κ2) is 15.9. The number of carbonyl (C=O) groups excluding carboxylic acids is 1. The topological polar surface area (TPSA) is 32.3 Å². The number of hydrogen-bond acceptors (Lipinski definition) is 2. The Morgan fingerprint density at radius 3 is 1.98 bits per heavy atom. The van der Waals surface area contributed by atoms with Gasteiger partial charge in [-0.25, -0.2) is 0 Å². The summed E-state index contributed by atoms with van der Waals surface area (Å²) in [6, 6.07) is 19.9. The normalized spacial score (nSPS) is 14.9. The third-order valence-corrected chi connectivity index (χ3v) is 8.15. The zero-order chi connectivity index (χ0) is 31.6. The van der Waals surface area contributed by atoms with Crippen molar-refractivity contribution < 1.29 is 18.0 Å². The average Bonchev–Trinajstić information content (AvgIpc) is 2.97. The lowest BCUT2D eigenvalue weighted by Gasteiger charge is -2.32. The molecule has 3 aromatic rings. The summed E-state index contributed by atoms with van der Waals surface area (Å²) in [5, 5.41) is 3.19. The second-order valence-corrected chi connectivity index (χ2v) is 11.8. The molecule has 1 aliphatic rings. The van der Waals surface area contributed by atoms with Crippen molar-refractivity contribution in [1.82, 2.24) is 10.2 Å². The SMILES string of the molecule is CCC/C(C)=C(\CC)c1cc(C(=O)NC2CCN(Cc3ccc(C(F)(F)F)cc3)CC2)ccc1C.Cc1ccc(C)cc1. The smallest absolute Gasteiger partial charge is 0.349 e. The zero-order valence-electron chi connectivity index (χ0n) is 26.6. The van der Waals surface area contributed by atoms with Crippen molar-refractivity contribution >= 4 is 11.5 Å². The van der Waals surface area contributed by atoms with Crippen LogP contribution in [0.3, 0.4) is 0 Å². The van der Waals surface area contributed by atoms with Gasteiger partial charge in [-0.1, -0.05) is 79.4 Å². The molecule has 1 fully saturated rings. The molecule has 0 atom stereocenters. The number of aryl methyl sites for hydroxylation is 3. The van der Waals surface area contributed by atoms with Crippen LogP contribution in [0.5, 0.6) is 0 Å². The summed E-state index contributed by atoms with van der Waals surface area (Å²) in [6.45, 7) is 15.0. The standard InChI is InChI=1S/C29H37F3N2O.C8H10/c1-5-7-20(3)26(6-2)27-18-23(11-8-21(27)4)28(35)33-25-14-16-34(17-15-25)19-22-9-12-24(13-10-22)29(30,31)32;1-7-3-5-8(2)6-4-7/h8-13,18,25H,5-7,14-17,19H2,1-4H3,(H,33,35);3-6H,1-2H3/b26-20+;. The Labute approximate surface area is 256 Å². The highest BCUT2D eigenvalue weighted by molar-refractivity contribution is 5.95. The van der Waals surface area contributed by atoms with Crippen LogP contribution in [0.2, 0.25) is 0 Å². The lowest BCUT2D eigenvalue weighted by Crippen LogP contribution is -2.44. The lowest BCUT2D eigenvalue weighted by atomic mass is 9.91. The van der Waals surface area contributed by atoms with Gasteiger partial charge in [0.25, 0.3) is 5.91 Å². The van der Waals surface area contributed by atoms with E-state index in [0.717, 1.165) is 68.5 Å². The van der Waals surface area contributed by atoms with Gasteiger partial charge < -0.3 is 5.32 Å². The van der Waals surface area contributed by atoms with Crippen molar-refractivity contribution in [3.05, 3.63) is 111 Å². The number of piperidine rings is 1. The van der Waals surface area contributed by atoms with E-state index in [4.69, 9.17) is 0 Å². The minimum absolute atomic E-state index is 0.0453. The average molecular weight is 593 g/mol. The molecule has 0 aliphatic carbocycles. The van der Waals surface area contributed by atoms with Crippen LogP contribution >= 0.6 is 0 Å². The van der Waals surface area contributed by atoms with Gasteiger partial charge in [-0.05, 0) is 99.9 Å². The van der Waals surface area contributed by atoms with E-state index >= 15 is 0 Å². The first kappa shape index (κ1) is 34.1. The number of alkyl halides is 3. The molecule has 0 saturated carbocycles. The van der Waals surface area contributed by atoms with Crippen LogP contribution in [0.25, 0.3) is 5.57 Å². The van der Waals surface area contributed by atoms with Gasteiger partial charge in [-0.15, -0.1) is 0 Å². The first-order chi connectivity index (χ1) is 20.4. The van der Waals surface area contributed by atoms with Crippen LogP contribution in [-0.2, 0) is 12.7 Å². The Hall–Kier alpha value is -3.38. The highest BCUT2D eigenvalue weighted by Crippen LogP contribution is 2.30. The Kier molecular flexibility index (Phi) is 12.6. The van der Waals surface area contributed by atoms with Crippen molar-refractivity contribution in [3.63, 3.8) is 0 Å². The molecule has 6 heteroatoms. The molecule has 0 unspecified atom stereocenters. The molecule has 0 aromatic heterocycles. The summed E-state index contributed by atoms with van der Waals surface area (Å²) in [5.41, 5.74) is 8.66. The Morgan fingerprint density at radius 2 is 1.47 bits per heavy atom. The van der Waals surface area contributed by atoms with Gasteiger partial charge in [-0.2, -0.15) is 13.2 Å². The van der Waals surface area contributed by atoms with Crippen LogP contribution in [-0.4, -0.2) is 29.9 Å². The number of nitrogens with zero attached hydrogens (tertiary/aromatic N) is 1. The van der Waals surface area contributed by atoms with E-state index in [1.807, 2.05) is 18.2 Å². The maximum atomic E-state index is 13.0. The molecule has 1 saturated heterocycles. The number of benzene rings is 3. The van der Waals surface area contributed by atoms with E-state index in [-0.39, 0.29) is 11.9 Å². The quantitative estimate of drug-likeness (QED) is 0.282. The van der Waals surface area contributed by atoms with Crippen molar-refractivity contribution in [2.24, 2.45) is 0 Å². The number of hydrogen-bond donors (Lipinski definition) is 1. The highest BCUT2D eigenvalue weighted by Gasteiger charge is 2.30. The minimum atomic E-state index is -4.31. The van der Waals surface area contributed by atoms with E-state index in [1.54, 1.807) is 12.1 Å². The fourth-order valence-corrected chi connectivity index (χ4v) is 5.53. The van der Waals surface area contributed by atoms with Gasteiger partial charge in [0.2, 0.25) is 0 Å². The van der Waals surface area contributed by atoms with Crippen molar-refractivity contribution in [3.8, 4) is 0 Å². The Bertz CT molecular complexity index is 1330. The Balaban J connectivity index is 0.000000546. The van der Waals surface area contributed by atoms with E-state index in [1.165, 1.54) is 27.8 Å². The number of amides is 1. The van der Waals surface area contributed by atoms with Crippen LogP contribution in [0.1, 0.15) is 96.6 Å². The number of nitrogens with one attached hydrogen (secondary N) is 1. The predicted molar refractivity (Wildman–Crippen MR) is 172 cm³/mol. The molecule has 1 amide bonds. The van der Waals surface area contributed by atoms with Crippen LogP contribution in [0.15, 0.2) is 72.3 Å². The van der Waals surface area contributed by atoms with Gasteiger partial charge in [0.05, 0.1) is 5.56 Å². The predicted octanol–water partition coefficient (Wildman–Crippen LogP) is 9.70. The molecule has 3 aromatic carbocycles. The van der Waals surface area contributed by atoms with Crippen molar-refractivity contribution in [2.75, 3.05) is 13.1 Å². The largest absolute Gasteiger partial charge is 0.416 e. The van der Waals surface area contributed by atoms with Crippen LogP contribution < -0.4 is 5.32 Å². The number of likely N-dealkylation sites (tertiary alicyclic amines) is 1. The van der Waals surface area contributed by atoms with Gasteiger partial charge in [0.15, 0.2) is 0 Å². The zero-order valence-corrected chi connectivity index (χ0v) is 26.6. The molecule has 3 nitrogen and oxygen atoms in total. The van der Waals surface area contributed by atoms with Gasteiger partial charge in [0.1, 0.15) is 0 Å². The lowest BCUT2D eigenvalue weighted by molar-refractivity contribution is -0.137. The molecule has 4 rings (SSSR count). The third kappa shape index (κ3) is 10.4. The van der Waals surface area contributed by atoms with Gasteiger partial charge >= 0.3 is 6.18 Å². The summed E-state index contributed by atoms with van der Waals surface area (Å²) >= 11 is 0. The summed E-state index contributed by atoms with van der Waals surface area (Å²) in [4.78, 5) is 15.3. The maximum absolute atomic E-state index is 13.0. The fraction of sp³-hybridized carbons (Fsp3) is 0.432. The summed E-state index contributed by atoms with van der Waals surface area (Å²) in [6.07, 6.45) is 0.434. The van der Waals surface area contributed by atoms with Gasteiger partial charge in [-0.3, -0.25) is 9.69 Å². The summed E-state index contributed by atoms with van der Waals surface area (Å²) < 4.78 is 38.3. The van der Waals surface area contributed by atoms with E-state index in [9.17, 15) is 18.0 Å². The number of halogens is 3. The molecule has 0 radical (unpaired) electrons. The highest BCUT2D eigenvalue weighted by atomic mass is 19.4. The number of allylic oxidation sites excluding steroid dienone is 2. The molecule has 1 aliphatic heterocycles. The molecular weight excluding hydrogens is 545 g/mol. The van der Waals surface area contributed by atoms with Crippen LogP contribution in [0.4, 0.5) is 13.2 Å². The minimum Gasteiger partial charge on any atom is -0.349 e. The molecule has 0 spiro atoms. The number of rotatable bonds is 8. The molecule has 1 N–H and O–H groups in total. The summed E-state index contributed by atoms with van der Waals surface area (Å²) in [7, 11) is 0. The van der Waals surface area contributed by atoms with E-state index < -0.39 is 11.7 Å². The van der Waals surface area contributed by atoms with Crippen LogP contribution in [0, 0.1) is 20.8 Å². The molecule has 43 heavy (non-hydrogen) atoms. The number of carbonyl (C=O) groups is 1. The van der Waals surface area contributed by atoms with E-state index in [2.05, 4.69) is 76.0 Å². The first-order valence-corrected chi connectivity index (χ1v) is 15.4. The van der Waals surface area contributed by atoms with Crippen molar-refractivity contribution in [2.45, 2.75) is 92.4 Å². The molecular formula is C37H47F3N2O. The van der Waals surface area contributed by atoms with E-state index in [0.29, 0.717) is 12.1 Å². The second-order valence-electron chi connectivity index (χ2n) is 11.8. The monoisotopic (exact) mass is 592 g/mol. The Morgan fingerprint density at radius 1 is 0.884 bits per heavy atom. The maximum Gasteiger partial charge on any atom is 0.416 e. The molecule has 232 valence electrons. The summed E-state index contributed by atoms with van der Waals surface area (Å²) in [5.74, 6) is -0.0453. The third-order valence-electron chi connectivity index (χ3n) is 8.15. The molecule has 1 heterocycles. The fourth-order valence-electron chi connectivity index (χ4n) is 5.53. The van der Waals surface area contributed by atoms with Gasteiger partial charge in [0, 0.05) is 31.2 Å². The van der Waals surface area contributed by atoms with Crippen molar-refractivity contribution in [1.29, 1.82) is 0 Å². The molecule has 0 bridgehead atoms. The first-order valence-electron chi connectivity index (χ1n) is 15.4.